The van der Waals surface area contributed by atoms with E-state index in [0.717, 1.165) is 16.6 Å². The minimum absolute atomic E-state index is 0.00317. The number of anilines is 1. The highest BCUT2D eigenvalue weighted by atomic mass is 16.5. The maximum atomic E-state index is 12.9. The number of hydrogen-bond acceptors (Lipinski definition) is 4. The van der Waals surface area contributed by atoms with Gasteiger partial charge in [0.25, 0.3) is 13.3 Å². The van der Waals surface area contributed by atoms with Crippen LogP contribution in [0, 0.1) is 0 Å². The molecule has 31 heavy (non-hydrogen) atoms. The van der Waals surface area contributed by atoms with Crippen LogP contribution in [0.3, 0.4) is 0 Å². The molecular formula is C25H23BN2O3. The van der Waals surface area contributed by atoms with Gasteiger partial charge in [-0.1, -0.05) is 51.1 Å². The van der Waals surface area contributed by atoms with Crippen molar-refractivity contribution in [3.63, 3.8) is 0 Å². The zero-order valence-electron chi connectivity index (χ0n) is 17.8. The highest BCUT2D eigenvalue weighted by Gasteiger charge is 2.19. The highest BCUT2D eigenvalue weighted by molar-refractivity contribution is 6.58. The molecule has 0 spiro atoms. The van der Waals surface area contributed by atoms with Crippen molar-refractivity contribution in [2.45, 2.75) is 26.2 Å². The Morgan fingerprint density at radius 2 is 1.71 bits per heavy atom. The number of nitrogens with one attached hydrogen (secondary N) is 1. The largest absolute Gasteiger partial charge is 0.422 e. The van der Waals surface area contributed by atoms with Crippen LogP contribution in [0.1, 0.15) is 52.6 Å². The lowest BCUT2D eigenvalue weighted by Gasteiger charge is -2.19. The van der Waals surface area contributed by atoms with Crippen molar-refractivity contribution in [3.8, 4) is 5.75 Å². The molecule has 0 fully saturated rings. The number of amides is 1. The average Bonchev–Trinajstić information content (AvgIpc) is 3.21. The van der Waals surface area contributed by atoms with Gasteiger partial charge in [0.1, 0.15) is 5.75 Å². The van der Waals surface area contributed by atoms with E-state index in [1.165, 1.54) is 0 Å². The zero-order chi connectivity index (χ0) is 22.0. The molecule has 1 aliphatic rings. The van der Waals surface area contributed by atoms with Gasteiger partial charge in [-0.2, -0.15) is 0 Å². The minimum atomic E-state index is -0.504. The number of ether oxygens (including phenoxy) is 1. The van der Waals surface area contributed by atoms with Crippen molar-refractivity contribution < 1.29 is 14.3 Å². The van der Waals surface area contributed by atoms with Gasteiger partial charge in [0, 0.05) is 11.9 Å². The summed E-state index contributed by atoms with van der Waals surface area (Å²) in [5, 5.41) is 2.88. The van der Waals surface area contributed by atoms with Crippen molar-refractivity contribution >= 4 is 36.7 Å². The summed E-state index contributed by atoms with van der Waals surface area (Å²) in [6.45, 7) is 6.34. The van der Waals surface area contributed by atoms with Gasteiger partial charge in [0.2, 0.25) is 0 Å². The van der Waals surface area contributed by atoms with Gasteiger partial charge in [0.15, 0.2) is 0 Å². The first-order valence-corrected chi connectivity index (χ1v) is 10.2. The Hall–Kier alpha value is -3.67. The molecule has 0 bridgehead atoms. The van der Waals surface area contributed by atoms with Crippen molar-refractivity contribution in [1.82, 2.24) is 0 Å². The number of rotatable bonds is 4. The van der Waals surface area contributed by atoms with E-state index in [2.05, 4.69) is 31.0 Å². The van der Waals surface area contributed by atoms with Crippen molar-refractivity contribution in [2.24, 2.45) is 4.90 Å². The summed E-state index contributed by atoms with van der Waals surface area (Å²) in [4.78, 5) is 29.8. The topological polar surface area (TPSA) is 67.8 Å². The number of para-hydroxylation sites is 1. The summed E-state index contributed by atoms with van der Waals surface area (Å²) in [6, 6.07) is 19.7. The van der Waals surface area contributed by atoms with E-state index in [9.17, 15) is 9.59 Å². The molecule has 1 heterocycles. The minimum Gasteiger partial charge on any atom is -0.422 e. The molecule has 6 heteroatoms. The fourth-order valence-corrected chi connectivity index (χ4v) is 3.40. The third-order valence-corrected chi connectivity index (χ3v) is 5.21. The van der Waals surface area contributed by atoms with Crippen LogP contribution < -0.4 is 15.5 Å². The van der Waals surface area contributed by atoms with E-state index in [1.54, 1.807) is 36.4 Å². The zero-order valence-corrected chi connectivity index (χ0v) is 17.8. The Morgan fingerprint density at radius 1 is 0.968 bits per heavy atom. The maximum Gasteiger partial charge on any atom is 0.343 e. The average molecular weight is 410 g/mol. The number of fused-ring (bicyclic) bond motifs is 1. The standard InChI is InChI=1S/C25H23BN2O3/c1-25(2,3)18-11-8-16(9-12-18)24(30)31-22-7-5-4-6-20(22)23(29)28-19-13-10-17-15-27-26-21(17)14-19/h4-15,26H,1-3H3,(H,28,29). The monoisotopic (exact) mass is 410 g/mol. The van der Waals surface area contributed by atoms with E-state index in [0.29, 0.717) is 24.2 Å². The SMILES string of the molecule is CC(C)(C)c1ccc(C(=O)Oc2ccccc2C(=O)Nc2ccc3c(c2)BN=C3)cc1. The van der Waals surface area contributed by atoms with Crippen molar-refractivity contribution in [2.75, 3.05) is 5.32 Å². The molecule has 0 saturated heterocycles. The molecule has 1 aliphatic heterocycles. The summed E-state index contributed by atoms with van der Waals surface area (Å²) in [5.41, 5.74) is 4.65. The van der Waals surface area contributed by atoms with E-state index in [-0.39, 0.29) is 17.1 Å². The fraction of sp³-hybridized carbons (Fsp3) is 0.160. The summed E-state index contributed by atoms with van der Waals surface area (Å²) < 4.78 is 5.57. The predicted octanol–water partition coefficient (Wildman–Crippen LogP) is 3.86. The molecule has 4 rings (SSSR count). The van der Waals surface area contributed by atoms with Crippen molar-refractivity contribution in [1.29, 1.82) is 0 Å². The molecule has 3 aromatic rings. The smallest absolute Gasteiger partial charge is 0.343 e. The quantitative estimate of drug-likeness (QED) is 0.404. The van der Waals surface area contributed by atoms with Crippen LogP contribution >= 0.6 is 0 Å². The molecule has 0 unspecified atom stereocenters. The molecule has 0 saturated carbocycles. The Kier molecular flexibility index (Phi) is 5.47. The summed E-state index contributed by atoms with van der Waals surface area (Å²) in [5.74, 6) is -0.630. The second kappa shape index (κ2) is 8.22. The molecule has 0 atom stereocenters. The predicted molar refractivity (Wildman–Crippen MR) is 125 cm³/mol. The summed E-state index contributed by atoms with van der Waals surface area (Å²) in [6.07, 6.45) is 1.82. The number of esters is 1. The third kappa shape index (κ3) is 4.58. The van der Waals surface area contributed by atoms with Gasteiger partial charge in [-0.25, -0.2) is 4.79 Å². The molecule has 0 aromatic heterocycles. The van der Waals surface area contributed by atoms with E-state index in [4.69, 9.17) is 4.74 Å². The van der Waals surface area contributed by atoms with Crippen LogP contribution in [0.2, 0.25) is 0 Å². The molecule has 5 nitrogen and oxygen atoms in total. The Balaban J connectivity index is 1.50. The van der Waals surface area contributed by atoms with E-state index in [1.807, 2.05) is 36.5 Å². The summed E-state index contributed by atoms with van der Waals surface area (Å²) >= 11 is 0. The number of nitrogens with zero attached hydrogens (tertiary/aromatic N) is 1. The van der Waals surface area contributed by atoms with Gasteiger partial charge < -0.3 is 15.0 Å². The second-order valence-corrected chi connectivity index (χ2v) is 8.55. The molecular weight excluding hydrogens is 387 g/mol. The normalized spacial score (nSPS) is 12.1. The van der Waals surface area contributed by atoms with Crippen LogP contribution in [0.25, 0.3) is 0 Å². The maximum absolute atomic E-state index is 12.9. The van der Waals surface area contributed by atoms with Crippen LogP contribution in [0.5, 0.6) is 5.75 Å². The van der Waals surface area contributed by atoms with Crippen LogP contribution in [-0.4, -0.2) is 25.5 Å². The van der Waals surface area contributed by atoms with Gasteiger partial charge >= 0.3 is 5.97 Å². The van der Waals surface area contributed by atoms with Crippen LogP contribution in [0.15, 0.2) is 71.6 Å². The molecule has 3 aromatic carbocycles. The molecule has 1 N–H and O–H groups in total. The van der Waals surface area contributed by atoms with Gasteiger partial charge in [-0.15, -0.1) is 0 Å². The molecule has 0 aliphatic carbocycles. The molecule has 1 amide bonds. The first-order valence-electron chi connectivity index (χ1n) is 10.2. The van der Waals surface area contributed by atoms with Gasteiger partial charge in [-0.3, -0.25) is 4.79 Å². The van der Waals surface area contributed by atoms with Gasteiger partial charge in [0.05, 0.1) is 11.1 Å². The summed E-state index contributed by atoms with van der Waals surface area (Å²) in [7, 11) is 0.612. The first-order chi connectivity index (χ1) is 14.8. The lowest BCUT2D eigenvalue weighted by atomic mass is 9.83. The lowest BCUT2D eigenvalue weighted by molar-refractivity contribution is 0.0733. The van der Waals surface area contributed by atoms with Crippen LogP contribution in [-0.2, 0) is 5.41 Å². The number of benzene rings is 3. The molecule has 0 radical (unpaired) electrons. The Morgan fingerprint density at radius 3 is 2.45 bits per heavy atom. The van der Waals surface area contributed by atoms with E-state index >= 15 is 0 Å². The van der Waals surface area contributed by atoms with Gasteiger partial charge in [-0.05, 0) is 58.4 Å². The number of carbonyl (C=O) groups excluding carboxylic acids is 2. The second-order valence-electron chi connectivity index (χ2n) is 8.55. The van der Waals surface area contributed by atoms with Crippen molar-refractivity contribution in [3.05, 3.63) is 89.0 Å². The highest BCUT2D eigenvalue weighted by Crippen LogP contribution is 2.24. The van der Waals surface area contributed by atoms with Crippen LogP contribution in [0.4, 0.5) is 5.69 Å². The molecule has 154 valence electrons. The fourth-order valence-electron chi connectivity index (χ4n) is 3.40. The lowest BCUT2D eigenvalue weighted by Crippen LogP contribution is -2.18. The Labute approximate surface area is 182 Å². The third-order valence-electron chi connectivity index (χ3n) is 5.21. The number of hydrogen-bond donors (Lipinski definition) is 1. The van der Waals surface area contributed by atoms with E-state index < -0.39 is 5.97 Å². The number of carbonyl (C=O) groups is 2. The first kappa shape index (κ1) is 20.6. The Bertz CT molecular complexity index is 1180.